The van der Waals surface area contributed by atoms with Crippen molar-refractivity contribution in [2.75, 3.05) is 5.32 Å². The molecule has 1 aromatic heterocycles. The van der Waals surface area contributed by atoms with Gasteiger partial charge in [-0.3, -0.25) is 9.59 Å². The minimum absolute atomic E-state index is 0.0380. The molecular formula is C12H10ClN5O2. The van der Waals surface area contributed by atoms with Crippen molar-refractivity contribution in [3.63, 3.8) is 0 Å². The average molecular weight is 292 g/mol. The molecule has 0 saturated heterocycles. The van der Waals surface area contributed by atoms with Crippen molar-refractivity contribution in [3.8, 4) is 0 Å². The van der Waals surface area contributed by atoms with Gasteiger partial charge in [-0.25, -0.2) is 9.97 Å². The van der Waals surface area contributed by atoms with Gasteiger partial charge in [-0.15, -0.1) is 0 Å². The first-order valence-corrected chi connectivity index (χ1v) is 5.84. The Bertz CT molecular complexity index is 689. The summed E-state index contributed by atoms with van der Waals surface area (Å²) in [5.74, 6) is -1.50. The van der Waals surface area contributed by atoms with E-state index < -0.39 is 11.8 Å². The largest absolute Gasteiger partial charge is 0.364 e. The van der Waals surface area contributed by atoms with Crippen LogP contribution in [0.25, 0.3) is 0 Å². The van der Waals surface area contributed by atoms with E-state index in [1.165, 1.54) is 0 Å². The molecule has 0 radical (unpaired) electrons. The predicted octanol–water partition coefficient (Wildman–Crippen LogP) is 1.07. The van der Waals surface area contributed by atoms with Gasteiger partial charge in [0.05, 0.1) is 6.20 Å². The van der Waals surface area contributed by atoms with E-state index >= 15 is 0 Å². The number of benzene rings is 1. The molecule has 0 aliphatic heterocycles. The fraction of sp³-hybridized carbons (Fsp3) is 0. The van der Waals surface area contributed by atoms with Gasteiger partial charge in [0.1, 0.15) is 5.69 Å². The van der Waals surface area contributed by atoms with Gasteiger partial charge < -0.3 is 16.8 Å². The molecule has 0 fully saturated rings. The molecule has 0 spiro atoms. The highest BCUT2D eigenvalue weighted by molar-refractivity contribution is 6.30. The summed E-state index contributed by atoms with van der Waals surface area (Å²) in [6, 6.07) is 6.72. The fourth-order valence-electron chi connectivity index (χ4n) is 1.48. The zero-order valence-electron chi connectivity index (χ0n) is 10.1. The summed E-state index contributed by atoms with van der Waals surface area (Å²) in [6.07, 6.45) is 1.09. The van der Waals surface area contributed by atoms with Crippen LogP contribution in [-0.4, -0.2) is 21.8 Å². The summed E-state index contributed by atoms with van der Waals surface area (Å²) in [5, 5.41) is 3.32. The van der Waals surface area contributed by atoms with Crippen LogP contribution >= 0.6 is 11.6 Å². The van der Waals surface area contributed by atoms with Gasteiger partial charge in [0.15, 0.2) is 11.5 Å². The van der Waals surface area contributed by atoms with Crippen molar-refractivity contribution in [1.29, 1.82) is 0 Å². The van der Waals surface area contributed by atoms with Gasteiger partial charge in [0, 0.05) is 10.7 Å². The zero-order chi connectivity index (χ0) is 14.7. The third-order valence-corrected chi connectivity index (χ3v) is 2.58. The molecule has 0 aliphatic carbocycles. The van der Waals surface area contributed by atoms with Crippen LogP contribution < -0.4 is 16.8 Å². The number of nitrogens with one attached hydrogen (secondary N) is 1. The lowest BCUT2D eigenvalue weighted by atomic mass is 10.3. The standard InChI is InChI=1S/C12H10ClN5O2/c13-6-2-1-3-7(4-6)17-12-9(11(15)20)16-5-8(18-12)10(14)19/h1-5H,(H2,14,19)(H2,15,20)(H,17,18). The van der Waals surface area contributed by atoms with E-state index in [1.54, 1.807) is 24.3 Å². The molecule has 1 heterocycles. The number of carbonyl (C=O) groups excluding carboxylic acids is 2. The number of carbonyl (C=O) groups is 2. The molecule has 0 atom stereocenters. The van der Waals surface area contributed by atoms with Gasteiger partial charge in [-0.1, -0.05) is 17.7 Å². The molecule has 2 amide bonds. The topological polar surface area (TPSA) is 124 Å². The van der Waals surface area contributed by atoms with E-state index in [4.69, 9.17) is 23.1 Å². The van der Waals surface area contributed by atoms with Gasteiger partial charge in [0.25, 0.3) is 11.8 Å². The quantitative estimate of drug-likeness (QED) is 0.777. The monoisotopic (exact) mass is 291 g/mol. The number of rotatable bonds is 4. The normalized spacial score (nSPS) is 10.1. The summed E-state index contributed by atoms with van der Waals surface area (Å²) in [4.78, 5) is 30.1. The van der Waals surface area contributed by atoms with Crippen LogP contribution in [0.3, 0.4) is 0 Å². The summed E-state index contributed by atoms with van der Waals surface area (Å²) >= 11 is 5.85. The molecule has 0 unspecified atom stereocenters. The highest BCUT2D eigenvalue weighted by atomic mass is 35.5. The Morgan fingerprint density at radius 1 is 1.20 bits per heavy atom. The van der Waals surface area contributed by atoms with E-state index in [0.717, 1.165) is 6.20 Å². The zero-order valence-corrected chi connectivity index (χ0v) is 10.9. The minimum Gasteiger partial charge on any atom is -0.364 e. The number of anilines is 2. The molecule has 0 bridgehead atoms. The number of halogens is 1. The highest BCUT2D eigenvalue weighted by Gasteiger charge is 2.15. The lowest BCUT2D eigenvalue weighted by Gasteiger charge is -2.09. The lowest BCUT2D eigenvalue weighted by Crippen LogP contribution is -2.20. The number of aromatic nitrogens is 2. The second-order valence-corrected chi connectivity index (χ2v) is 4.25. The molecule has 5 N–H and O–H groups in total. The van der Waals surface area contributed by atoms with Crippen LogP contribution in [-0.2, 0) is 0 Å². The maximum Gasteiger partial charge on any atom is 0.271 e. The highest BCUT2D eigenvalue weighted by Crippen LogP contribution is 2.20. The molecule has 0 saturated carbocycles. The lowest BCUT2D eigenvalue weighted by molar-refractivity contribution is 0.0981. The first kappa shape index (κ1) is 13.8. The third kappa shape index (κ3) is 3.01. The maximum atomic E-state index is 11.3. The van der Waals surface area contributed by atoms with Crippen LogP contribution in [0.2, 0.25) is 5.02 Å². The second kappa shape index (κ2) is 5.54. The fourth-order valence-corrected chi connectivity index (χ4v) is 1.67. The van der Waals surface area contributed by atoms with Crippen LogP contribution in [0.5, 0.6) is 0 Å². The van der Waals surface area contributed by atoms with Gasteiger partial charge in [0.2, 0.25) is 0 Å². The van der Waals surface area contributed by atoms with Gasteiger partial charge in [-0.05, 0) is 18.2 Å². The number of primary amides is 2. The summed E-state index contributed by atoms with van der Waals surface area (Å²) in [6.45, 7) is 0. The van der Waals surface area contributed by atoms with Gasteiger partial charge in [-0.2, -0.15) is 0 Å². The Morgan fingerprint density at radius 2 is 1.95 bits per heavy atom. The first-order chi connectivity index (χ1) is 9.47. The van der Waals surface area contributed by atoms with Crippen molar-refractivity contribution < 1.29 is 9.59 Å². The molecular weight excluding hydrogens is 282 g/mol. The van der Waals surface area contributed by atoms with Crippen molar-refractivity contribution in [2.45, 2.75) is 0 Å². The van der Waals surface area contributed by atoms with E-state index in [1.807, 2.05) is 0 Å². The summed E-state index contributed by atoms with van der Waals surface area (Å²) in [7, 11) is 0. The SMILES string of the molecule is NC(=O)c1cnc(C(N)=O)c(Nc2cccc(Cl)c2)n1. The van der Waals surface area contributed by atoms with Crippen molar-refractivity contribution in [3.05, 3.63) is 46.9 Å². The molecule has 1 aromatic carbocycles. The van der Waals surface area contributed by atoms with E-state index in [0.29, 0.717) is 10.7 Å². The predicted molar refractivity (Wildman–Crippen MR) is 73.8 cm³/mol. The van der Waals surface area contributed by atoms with Gasteiger partial charge >= 0.3 is 0 Å². The summed E-state index contributed by atoms with van der Waals surface area (Å²) < 4.78 is 0. The number of nitrogens with zero attached hydrogens (tertiary/aromatic N) is 2. The first-order valence-electron chi connectivity index (χ1n) is 5.46. The Morgan fingerprint density at radius 3 is 2.55 bits per heavy atom. The van der Waals surface area contributed by atoms with Crippen molar-refractivity contribution in [2.24, 2.45) is 11.5 Å². The molecule has 20 heavy (non-hydrogen) atoms. The third-order valence-electron chi connectivity index (χ3n) is 2.35. The number of hydrogen-bond acceptors (Lipinski definition) is 5. The van der Waals surface area contributed by atoms with Crippen LogP contribution in [0.15, 0.2) is 30.5 Å². The molecule has 2 aromatic rings. The van der Waals surface area contributed by atoms with Crippen molar-refractivity contribution in [1.82, 2.24) is 9.97 Å². The second-order valence-electron chi connectivity index (χ2n) is 3.82. The minimum atomic E-state index is -0.780. The molecule has 8 heteroatoms. The Labute approximate surface area is 119 Å². The van der Waals surface area contributed by atoms with E-state index in [-0.39, 0.29) is 17.2 Å². The number of nitrogens with two attached hydrogens (primary N) is 2. The van der Waals surface area contributed by atoms with E-state index in [9.17, 15) is 9.59 Å². The molecule has 102 valence electrons. The summed E-state index contributed by atoms with van der Waals surface area (Å²) in [5.41, 5.74) is 10.7. The Balaban J connectivity index is 2.44. The smallest absolute Gasteiger partial charge is 0.271 e. The van der Waals surface area contributed by atoms with Crippen LogP contribution in [0.4, 0.5) is 11.5 Å². The molecule has 7 nitrogen and oxygen atoms in total. The number of amides is 2. The number of hydrogen-bond donors (Lipinski definition) is 3. The van der Waals surface area contributed by atoms with E-state index in [2.05, 4.69) is 15.3 Å². The molecule has 2 rings (SSSR count). The molecule has 0 aliphatic rings. The average Bonchev–Trinajstić information content (AvgIpc) is 2.38. The van der Waals surface area contributed by atoms with Crippen molar-refractivity contribution >= 4 is 34.9 Å². The maximum absolute atomic E-state index is 11.3. The Hall–Kier alpha value is -2.67. The van der Waals surface area contributed by atoms with Crippen LogP contribution in [0, 0.1) is 0 Å². The Kier molecular flexibility index (Phi) is 3.81. The van der Waals surface area contributed by atoms with Crippen LogP contribution in [0.1, 0.15) is 21.0 Å².